The molecule has 0 bridgehead atoms. The molecule has 0 aliphatic rings. The zero-order valence-corrected chi connectivity index (χ0v) is 13.5. The van der Waals surface area contributed by atoms with Crippen molar-refractivity contribution in [2.45, 2.75) is 33.6 Å². The number of ether oxygens (including phenoxy) is 1. The van der Waals surface area contributed by atoms with E-state index in [4.69, 9.17) is 4.74 Å². The van der Waals surface area contributed by atoms with E-state index < -0.39 is 0 Å². The van der Waals surface area contributed by atoms with E-state index in [1.54, 1.807) is 6.07 Å². The van der Waals surface area contributed by atoms with E-state index >= 15 is 0 Å². The molecular formula is C19H23NO2. The van der Waals surface area contributed by atoms with Crippen LogP contribution in [0.3, 0.4) is 0 Å². The second kappa shape index (κ2) is 7.64. The predicted molar refractivity (Wildman–Crippen MR) is 90.7 cm³/mol. The summed E-state index contributed by atoms with van der Waals surface area (Å²) in [7, 11) is 0. The van der Waals surface area contributed by atoms with Crippen LogP contribution in [0, 0.1) is 13.8 Å². The van der Waals surface area contributed by atoms with Gasteiger partial charge in [-0.2, -0.15) is 0 Å². The van der Waals surface area contributed by atoms with Crippen molar-refractivity contribution < 1.29 is 9.53 Å². The van der Waals surface area contributed by atoms with Crippen LogP contribution in [0.2, 0.25) is 0 Å². The minimum atomic E-state index is -0.138. The molecule has 0 saturated heterocycles. The molecule has 0 saturated carbocycles. The molecule has 22 heavy (non-hydrogen) atoms. The fourth-order valence-electron chi connectivity index (χ4n) is 2.17. The van der Waals surface area contributed by atoms with Crippen LogP contribution in [0.1, 0.15) is 41.3 Å². The van der Waals surface area contributed by atoms with Crippen molar-refractivity contribution in [1.29, 1.82) is 0 Å². The second-order valence-corrected chi connectivity index (χ2v) is 5.47. The number of carbonyl (C=O) groups is 1. The normalized spacial score (nSPS) is 10.3. The summed E-state index contributed by atoms with van der Waals surface area (Å²) in [4.78, 5) is 12.5. The summed E-state index contributed by atoms with van der Waals surface area (Å²) >= 11 is 0. The minimum Gasteiger partial charge on any atom is -0.493 e. The predicted octanol–water partition coefficient (Wildman–Crippen LogP) is 4.73. The van der Waals surface area contributed by atoms with Gasteiger partial charge in [-0.15, -0.1) is 0 Å². The molecule has 3 nitrogen and oxygen atoms in total. The highest BCUT2D eigenvalue weighted by molar-refractivity contribution is 6.06. The SMILES string of the molecule is CCCCOc1ccccc1C(=O)Nc1cc(C)ccc1C. The molecule has 0 spiro atoms. The van der Waals surface area contributed by atoms with Gasteiger partial charge in [0.2, 0.25) is 0 Å². The van der Waals surface area contributed by atoms with Gasteiger partial charge in [-0.1, -0.05) is 37.6 Å². The van der Waals surface area contributed by atoms with Crippen molar-refractivity contribution in [1.82, 2.24) is 0 Å². The maximum atomic E-state index is 12.5. The molecule has 0 radical (unpaired) electrons. The summed E-state index contributed by atoms with van der Waals surface area (Å²) in [5.74, 6) is 0.500. The number of nitrogens with one attached hydrogen (secondary N) is 1. The number of carbonyl (C=O) groups excluding carboxylic acids is 1. The lowest BCUT2D eigenvalue weighted by atomic mass is 10.1. The van der Waals surface area contributed by atoms with Gasteiger partial charge in [-0.3, -0.25) is 4.79 Å². The molecular weight excluding hydrogens is 274 g/mol. The zero-order chi connectivity index (χ0) is 15.9. The van der Waals surface area contributed by atoms with Gasteiger partial charge in [-0.05, 0) is 49.6 Å². The molecule has 2 rings (SSSR count). The van der Waals surface area contributed by atoms with E-state index in [1.807, 2.05) is 50.2 Å². The number of benzene rings is 2. The van der Waals surface area contributed by atoms with Crippen molar-refractivity contribution in [2.24, 2.45) is 0 Å². The summed E-state index contributed by atoms with van der Waals surface area (Å²) < 4.78 is 5.73. The molecule has 1 N–H and O–H groups in total. The number of unbranched alkanes of at least 4 members (excludes halogenated alkanes) is 1. The first-order valence-corrected chi connectivity index (χ1v) is 7.72. The summed E-state index contributed by atoms with van der Waals surface area (Å²) in [6.45, 7) is 6.74. The van der Waals surface area contributed by atoms with E-state index in [0.29, 0.717) is 17.9 Å². The minimum absolute atomic E-state index is 0.138. The van der Waals surface area contributed by atoms with Crippen molar-refractivity contribution in [3.8, 4) is 5.75 Å². The van der Waals surface area contributed by atoms with Crippen LogP contribution >= 0.6 is 0 Å². The lowest BCUT2D eigenvalue weighted by Crippen LogP contribution is -2.14. The largest absolute Gasteiger partial charge is 0.493 e. The van der Waals surface area contributed by atoms with Gasteiger partial charge in [0.25, 0.3) is 5.91 Å². The molecule has 0 heterocycles. The summed E-state index contributed by atoms with van der Waals surface area (Å²) in [6, 6.07) is 13.4. The van der Waals surface area contributed by atoms with Gasteiger partial charge < -0.3 is 10.1 Å². The Morgan fingerprint density at radius 2 is 1.91 bits per heavy atom. The third-order valence-electron chi connectivity index (χ3n) is 3.53. The van der Waals surface area contributed by atoms with E-state index in [2.05, 4.69) is 12.2 Å². The summed E-state index contributed by atoms with van der Waals surface area (Å²) in [6.07, 6.45) is 2.05. The number of anilines is 1. The van der Waals surface area contributed by atoms with Gasteiger partial charge in [0.05, 0.1) is 12.2 Å². The first-order chi connectivity index (χ1) is 10.6. The molecule has 0 aromatic heterocycles. The van der Waals surface area contributed by atoms with E-state index in [-0.39, 0.29) is 5.91 Å². The lowest BCUT2D eigenvalue weighted by Gasteiger charge is -2.13. The third kappa shape index (κ3) is 4.10. The average Bonchev–Trinajstić information content (AvgIpc) is 2.51. The maximum absolute atomic E-state index is 12.5. The van der Waals surface area contributed by atoms with Gasteiger partial charge >= 0.3 is 0 Å². The molecule has 2 aromatic rings. The molecule has 0 aliphatic carbocycles. The molecule has 1 amide bonds. The molecule has 0 aliphatic heterocycles. The van der Waals surface area contributed by atoms with Crippen molar-refractivity contribution in [3.05, 3.63) is 59.2 Å². The Hall–Kier alpha value is -2.29. The molecule has 116 valence electrons. The number of aryl methyl sites for hydroxylation is 2. The zero-order valence-electron chi connectivity index (χ0n) is 13.5. The Balaban J connectivity index is 2.17. The van der Waals surface area contributed by atoms with Crippen LogP contribution < -0.4 is 10.1 Å². The quantitative estimate of drug-likeness (QED) is 0.782. The third-order valence-corrected chi connectivity index (χ3v) is 3.53. The summed E-state index contributed by atoms with van der Waals surface area (Å²) in [5.41, 5.74) is 3.57. The van der Waals surface area contributed by atoms with Crippen LogP contribution in [0.25, 0.3) is 0 Å². The highest BCUT2D eigenvalue weighted by Crippen LogP contribution is 2.22. The number of hydrogen-bond acceptors (Lipinski definition) is 2. The van der Waals surface area contributed by atoms with Crippen molar-refractivity contribution in [2.75, 3.05) is 11.9 Å². The maximum Gasteiger partial charge on any atom is 0.259 e. The van der Waals surface area contributed by atoms with Gasteiger partial charge in [0.1, 0.15) is 5.75 Å². The monoisotopic (exact) mass is 297 g/mol. The number of amides is 1. The molecule has 3 heteroatoms. The second-order valence-electron chi connectivity index (χ2n) is 5.47. The van der Waals surface area contributed by atoms with Gasteiger partial charge in [-0.25, -0.2) is 0 Å². The Morgan fingerprint density at radius 1 is 1.14 bits per heavy atom. The number of rotatable bonds is 6. The topological polar surface area (TPSA) is 38.3 Å². The van der Waals surface area contributed by atoms with Crippen LogP contribution in [0.4, 0.5) is 5.69 Å². The van der Waals surface area contributed by atoms with Gasteiger partial charge in [0.15, 0.2) is 0 Å². The Morgan fingerprint density at radius 3 is 2.68 bits per heavy atom. The van der Waals surface area contributed by atoms with E-state index in [9.17, 15) is 4.79 Å². The fraction of sp³-hybridized carbons (Fsp3) is 0.316. The van der Waals surface area contributed by atoms with Crippen LogP contribution in [-0.4, -0.2) is 12.5 Å². The fourth-order valence-corrected chi connectivity index (χ4v) is 2.17. The standard InChI is InChI=1S/C19H23NO2/c1-4-5-12-22-18-9-7-6-8-16(18)19(21)20-17-13-14(2)10-11-15(17)3/h6-11,13H,4-5,12H2,1-3H3,(H,20,21). The highest BCUT2D eigenvalue weighted by atomic mass is 16.5. The number of para-hydroxylation sites is 1. The van der Waals surface area contributed by atoms with E-state index in [0.717, 1.165) is 29.7 Å². The van der Waals surface area contributed by atoms with Crippen molar-refractivity contribution >= 4 is 11.6 Å². The smallest absolute Gasteiger partial charge is 0.259 e. The van der Waals surface area contributed by atoms with Crippen LogP contribution in [-0.2, 0) is 0 Å². The average molecular weight is 297 g/mol. The van der Waals surface area contributed by atoms with Gasteiger partial charge in [0, 0.05) is 5.69 Å². The van der Waals surface area contributed by atoms with Crippen LogP contribution in [0.15, 0.2) is 42.5 Å². The molecule has 0 atom stereocenters. The molecule has 2 aromatic carbocycles. The number of hydrogen-bond donors (Lipinski definition) is 1. The Kier molecular flexibility index (Phi) is 5.59. The molecule has 0 fully saturated rings. The summed E-state index contributed by atoms with van der Waals surface area (Å²) in [5, 5.41) is 2.98. The lowest BCUT2D eigenvalue weighted by molar-refractivity contribution is 0.102. The first kappa shape index (κ1) is 16.1. The van der Waals surface area contributed by atoms with E-state index in [1.165, 1.54) is 0 Å². The Labute approximate surface area is 132 Å². The van der Waals surface area contributed by atoms with Crippen molar-refractivity contribution in [3.63, 3.8) is 0 Å². The molecule has 0 unspecified atom stereocenters. The Bertz CT molecular complexity index is 650. The first-order valence-electron chi connectivity index (χ1n) is 7.72. The highest BCUT2D eigenvalue weighted by Gasteiger charge is 2.13. The van der Waals surface area contributed by atoms with Crippen LogP contribution in [0.5, 0.6) is 5.75 Å².